The van der Waals surface area contributed by atoms with E-state index in [9.17, 15) is 4.79 Å². The second-order valence-electron chi connectivity index (χ2n) is 4.90. The predicted octanol–water partition coefficient (Wildman–Crippen LogP) is 4.12. The minimum atomic E-state index is 0.0428. The summed E-state index contributed by atoms with van der Waals surface area (Å²) >= 11 is 3.49. The Morgan fingerprint density at radius 1 is 1.05 bits per heavy atom. The molecule has 0 saturated heterocycles. The quantitative estimate of drug-likeness (QED) is 0.694. The molecule has 0 fully saturated rings. The van der Waals surface area contributed by atoms with Crippen LogP contribution in [0.25, 0.3) is 10.9 Å². The van der Waals surface area contributed by atoms with Crippen molar-refractivity contribution in [3.8, 4) is 0 Å². The van der Waals surface area contributed by atoms with E-state index in [0.717, 1.165) is 26.5 Å². The Morgan fingerprint density at radius 3 is 2.55 bits per heavy atom. The molecule has 1 aromatic heterocycles. The van der Waals surface area contributed by atoms with E-state index in [0.29, 0.717) is 6.54 Å². The minimum absolute atomic E-state index is 0.0428. The van der Waals surface area contributed by atoms with Gasteiger partial charge in [0, 0.05) is 15.9 Å². The second-order valence-corrected chi connectivity index (χ2v) is 5.81. The smallest absolute Gasteiger partial charge is 0.251 e. The van der Waals surface area contributed by atoms with Crippen LogP contribution in [0.15, 0.2) is 63.9 Å². The fourth-order valence-corrected chi connectivity index (χ4v) is 2.81. The number of hydrogen-bond donors (Lipinski definition) is 0. The third kappa shape index (κ3) is 2.41. The maximum Gasteiger partial charge on any atom is 0.251 e. The molecule has 3 heteroatoms. The van der Waals surface area contributed by atoms with Crippen molar-refractivity contribution in [2.75, 3.05) is 0 Å². The lowest BCUT2D eigenvalue weighted by atomic mass is 10.1. The first kappa shape index (κ1) is 13.1. The molecule has 0 N–H and O–H groups in total. The number of halogens is 1. The monoisotopic (exact) mass is 327 g/mol. The first-order chi connectivity index (χ1) is 9.65. The Bertz CT molecular complexity index is 822. The van der Waals surface area contributed by atoms with Crippen LogP contribution in [-0.4, -0.2) is 4.57 Å². The number of hydrogen-bond acceptors (Lipinski definition) is 1. The van der Waals surface area contributed by atoms with Crippen LogP contribution in [0.2, 0.25) is 0 Å². The summed E-state index contributed by atoms with van der Waals surface area (Å²) in [4.78, 5) is 12.3. The van der Waals surface area contributed by atoms with Gasteiger partial charge in [0.1, 0.15) is 0 Å². The number of rotatable bonds is 2. The van der Waals surface area contributed by atoms with E-state index in [1.54, 1.807) is 6.07 Å². The van der Waals surface area contributed by atoms with E-state index in [4.69, 9.17) is 0 Å². The van der Waals surface area contributed by atoms with Crippen molar-refractivity contribution < 1.29 is 0 Å². The fraction of sp³-hybridized carbons (Fsp3) is 0.118. The number of benzene rings is 2. The molecule has 0 aliphatic carbocycles. The first-order valence-electron chi connectivity index (χ1n) is 6.49. The summed E-state index contributed by atoms with van der Waals surface area (Å²) in [6.07, 6.45) is 0. The van der Waals surface area contributed by atoms with Gasteiger partial charge in [-0.15, -0.1) is 0 Å². The topological polar surface area (TPSA) is 22.0 Å². The van der Waals surface area contributed by atoms with E-state index in [1.165, 1.54) is 0 Å². The molecule has 0 amide bonds. The normalized spacial score (nSPS) is 10.9. The molecule has 0 radical (unpaired) electrons. The van der Waals surface area contributed by atoms with Gasteiger partial charge in [0.2, 0.25) is 0 Å². The molecule has 1 heterocycles. The molecular weight excluding hydrogens is 314 g/mol. The molecule has 0 atom stereocenters. The molecule has 3 aromatic rings. The van der Waals surface area contributed by atoms with Crippen LogP contribution in [0.3, 0.4) is 0 Å². The summed E-state index contributed by atoms with van der Waals surface area (Å²) in [5, 5.41) is 1.11. The highest BCUT2D eigenvalue weighted by atomic mass is 79.9. The molecule has 20 heavy (non-hydrogen) atoms. The summed E-state index contributed by atoms with van der Waals surface area (Å²) in [6.45, 7) is 2.57. The third-order valence-electron chi connectivity index (χ3n) is 3.46. The van der Waals surface area contributed by atoms with E-state index in [-0.39, 0.29) is 5.56 Å². The van der Waals surface area contributed by atoms with Gasteiger partial charge in [-0.3, -0.25) is 4.79 Å². The van der Waals surface area contributed by atoms with E-state index < -0.39 is 0 Å². The van der Waals surface area contributed by atoms with Crippen molar-refractivity contribution in [2.24, 2.45) is 0 Å². The zero-order valence-corrected chi connectivity index (χ0v) is 12.7. The predicted molar refractivity (Wildman–Crippen MR) is 86.2 cm³/mol. The second kappa shape index (κ2) is 5.25. The van der Waals surface area contributed by atoms with E-state index >= 15 is 0 Å². The molecule has 0 unspecified atom stereocenters. The summed E-state index contributed by atoms with van der Waals surface area (Å²) in [5.41, 5.74) is 3.15. The zero-order valence-electron chi connectivity index (χ0n) is 11.1. The molecule has 0 aliphatic heterocycles. The van der Waals surface area contributed by atoms with E-state index in [1.807, 2.05) is 54.0 Å². The van der Waals surface area contributed by atoms with Gasteiger partial charge < -0.3 is 4.57 Å². The Morgan fingerprint density at radius 2 is 1.80 bits per heavy atom. The number of aromatic nitrogens is 1. The SMILES string of the molecule is Cc1cc(=O)n(Cc2ccccc2)c2ccc(Br)cc12. The van der Waals surface area contributed by atoms with Crippen LogP contribution >= 0.6 is 15.9 Å². The standard InChI is InChI=1S/C17H14BrNO/c1-12-9-17(20)19(11-13-5-3-2-4-6-13)16-8-7-14(18)10-15(12)16/h2-10H,11H2,1H3. The minimum Gasteiger partial charge on any atom is -0.304 e. The van der Waals surface area contributed by atoms with Crippen molar-refractivity contribution in [3.63, 3.8) is 0 Å². The molecular formula is C17H14BrNO. The Kier molecular flexibility index (Phi) is 3.45. The van der Waals surface area contributed by atoms with Gasteiger partial charge in [-0.05, 0) is 36.2 Å². The van der Waals surface area contributed by atoms with Crippen LogP contribution in [0.1, 0.15) is 11.1 Å². The lowest BCUT2D eigenvalue weighted by Gasteiger charge is -2.12. The van der Waals surface area contributed by atoms with Crippen molar-refractivity contribution >= 4 is 26.8 Å². The van der Waals surface area contributed by atoms with Gasteiger partial charge in [-0.25, -0.2) is 0 Å². The van der Waals surface area contributed by atoms with Crippen molar-refractivity contribution in [1.82, 2.24) is 4.57 Å². The largest absolute Gasteiger partial charge is 0.304 e. The lowest BCUT2D eigenvalue weighted by molar-refractivity contribution is 0.793. The molecule has 2 nitrogen and oxygen atoms in total. The van der Waals surface area contributed by atoms with Crippen LogP contribution < -0.4 is 5.56 Å². The zero-order chi connectivity index (χ0) is 14.1. The highest BCUT2D eigenvalue weighted by Gasteiger charge is 2.07. The Balaban J connectivity index is 2.22. The number of pyridine rings is 1. The third-order valence-corrected chi connectivity index (χ3v) is 3.96. The fourth-order valence-electron chi connectivity index (χ4n) is 2.45. The van der Waals surface area contributed by atoms with Crippen LogP contribution in [0.5, 0.6) is 0 Å². The Labute approximate surface area is 125 Å². The van der Waals surface area contributed by atoms with Crippen LogP contribution in [0.4, 0.5) is 0 Å². The van der Waals surface area contributed by atoms with Crippen molar-refractivity contribution in [2.45, 2.75) is 13.5 Å². The molecule has 2 aromatic carbocycles. The molecule has 0 saturated carbocycles. The number of aryl methyl sites for hydroxylation is 1. The van der Waals surface area contributed by atoms with Crippen LogP contribution in [-0.2, 0) is 6.54 Å². The van der Waals surface area contributed by atoms with Crippen LogP contribution in [0, 0.1) is 6.92 Å². The summed E-state index contributed by atoms with van der Waals surface area (Å²) < 4.78 is 2.85. The van der Waals surface area contributed by atoms with Gasteiger partial charge in [0.05, 0.1) is 12.1 Å². The summed E-state index contributed by atoms with van der Waals surface area (Å²) in [5.74, 6) is 0. The molecule has 100 valence electrons. The first-order valence-corrected chi connectivity index (χ1v) is 7.28. The maximum absolute atomic E-state index is 12.3. The average molecular weight is 328 g/mol. The van der Waals surface area contributed by atoms with Gasteiger partial charge >= 0.3 is 0 Å². The average Bonchev–Trinajstić information content (AvgIpc) is 2.45. The maximum atomic E-state index is 12.3. The highest BCUT2D eigenvalue weighted by molar-refractivity contribution is 9.10. The molecule has 0 spiro atoms. The van der Waals surface area contributed by atoms with Crippen molar-refractivity contribution in [3.05, 3.63) is 80.6 Å². The molecule has 3 rings (SSSR count). The Hall–Kier alpha value is -1.87. The van der Waals surface area contributed by atoms with Crippen molar-refractivity contribution in [1.29, 1.82) is 0 Å². The summed E-state index contributed by atoms with van der Waals surface area (Å²) in [6, 6.07) is 17.8. The van der Waals surface area contributed by atoms with Gasteiger partial charge in [-0.2, -0.15) is 0 Å². The van der Waals surface area contributed by atoms with Gasteiger partial charge in [0.15, 0.2) is 0 Å². The van der Waals surface area contributed by atoms with Gasteiger partial charge in [0.25, 0.3) is 5.56 Å². The molecule has 0 bridgehead atoms. The lowest BCUT2D eigenvalue weighted by Crippen LogP contribution is -2.20. The number of nitrogens with zero attached hydrogens (tertiary/aromatic N) is 1. The number of fused-ring (bicyclic) bond motifs is 1. The highest BCUT2D eigenvalue weighted by Crippen LogP contribution is 2.22. The molecule has 0 aliphatic rings. The van der Waals surface area contributed by atoms with Gasteiger partial charge in [-0.1, -0.05) is 46.3 Å². The van der Waals surface area contributed by atoms with E-state index in [2.05, 4.69) is 22.0 Å². The summed E-state index contributed by atoms with van der Waals surface area (Å²) in [7, 11) is 0.